The Bertz CT molecular complexity index is 627. The van der Waals surface area contributed by atoms with E-state index in [2.05, 4.69) is 21.0 Å². The van der Waals surface area contributed by atoms with E-state index in [1.54, 1.807) is 19.5 Å². The highest BCUT2D eigenvalue weighted by Gasteiger charge is 2.04. The van der Waals surface area contributed by atoms with E-state index in [1.165, 1.54) is 0 Å². The summed E-state index contributed by atoms with van der Waals surface area (Å²) in [7, 11) is 1.61. The van der Waals surface area contributed by atoms with Gasteiger partial charge < -0.3 is 9.72 Å². The lowest BCUT2D eigenvalue weighted by molar-refractivity contribution is 0.398. The number of nitrogens with one attached hydrogen (secondary N) is 1. The molecule has 0 amide bonds. The molecule has 84 valence electrons. The van der Waals surface area contributed by atoms with Crippen LogP contribution in [0.1, 0.15) is 0 Å². The van der Waals surface area contributed by atoms with E-state index in [-0.39, 0.29) is 0 Å². The maximum absolute atomic E-state index is 5.11. The summed E-state index contributed by atoms with van der Waals surface area (Å²) in [6, 6.07) is 9.85. The van der Waals surface area contributed by atoms with Gasteiger partial charge in [0.2, 0.25) is 5.88 Å². The van der Waals surface area contributed by atoms with Crippen molar-refractivity contribution < 1.29 is 4.74 Å². The maximum atomic E-state index is 5.11. The van der Waals surface area contributed by atoms with Gasteiger partial charge in [-0.15, -0.1) is 0 Å². The maximum Gasteiger partial charge on any atom is 0.213 e. The highest BCUT2D eigenvalue weighted by Crippen LogP contribution is 2.24. The zero-order chi connectivity index (χ0) is 11.7. The van der Waals surface area contributed by atoms with Crippen LogP contribution >= 0.6 is 0 Å². The van der Waals surface area contributed by atoms with Gasteiger partial charge in [0.1, 0.15) is 5.65 Å². The van der Waals surface area contributed by atoms with Gasteiger partial charge in [0, 0.05) is 35.1 Å². The molecule has 3 aromatic rings. The lowest BCUT2D eigenvalue weighted by Crippen LogP contribution is -1.87. The van der Waals surface area contributed by atoms with Crippen LogP contribution in [0, 0.1) is 0 Å². The van der Waals surface area contributed by atoms with Crippen molar-refractivity contribution in [1.29, 1.82) is 0 Å². The second-order valence-electron chi connectivity index (χ2n) is 3.71. The van der Waals surface area contributed by atoms with Gasteiger partial charge >= 0.3 is 0 Å². The summed E-state index contributed by atoms with van der Waals surface area (Å²) in [5.41, 5.74) is 2.94. The second-order valence-corrected chi connectivity index (χ2v) is 3.71. The number of fused-ring (bicyclic) bond motifs is 1. The van der Waals surface area contributed by atoms with E-state index in [9.17, 15) is 0 Å². The first-order valence-electron chi connectivity index (χ1n) is 5.31. The lowest BCUT2D eigenvalue weighted by Gasteiger charge is -2.00. The molecule has 1 N–H and O–H groups in total. The molecule has 3 aromatic heterocycles. The van der Waals surface area contributed by atoms with Crippen LogP contribution in [0.5, 0.6) is 5.88 Å². The van der Waals surface area contributed by atoms with E-state index < -0.39 is 0 Å². The first-order chi connectivity index (χ1) is 8.36. The van der Waals surface area contributed by atoms with Crippen molar-refractivity contribution in [3.05, 3.63) is 42.7 Å². The monoisotopic (exact) mass is 225 g/mol. The molecule has 0 spiro atoms. The van der Waals surface area contributed by atoms with Gasteiger partial charge in [0.25, 0.3) is 0 Å². The van der Waals surface area contributed by atoms with Gasteiger partial charge in [-0.1, -0.05) is 0 Å². The number of methoxy groups -OCH3 is 1. The quantitative estimate of drug-likeness (QED) is 0.729. The summed E-state index contributed by atoms with van der Waals surface area (Å²) in [6.45, 7) is 0. The van der Waals surface area contributed by atoms with Crippen molar-refractivity contribution in [2.75, 3.05) is 7.11 Å². The number of hydrogen-bond donors (Lipinski definition) is 1. The minimum Gasteiger partial charge on any atom is -0.481 e. The number of rotatable bonds is 2. The topological polar surface area (TPSA) is 50.8 Å². The zero-order valence-electron chi connectivity index (χ0n) is 9.34. The second kappa shape index (κ2) is 3.90. The molecule has 0 bridgehead atoms. The third-order valence-electron chi connectivity index (χ3n) is 2.65. The molecule has 0 atom stereocenters. The predicted octanol–water partition coefficient (Wildman–Crippen LogP) is 2.63. The molecule has 3 heterocycles. The van der Waals surface area contributed by atoms with Crippen LogP contribution in [-0.2, 0) is 0 Å². The summed E-state index contributed by atoms with van der Waals surface area (Å²) < 4.78 is 5.11. The van der Waals surface area contributed by atoms with E-state index in [0.717, 1.165) is 22.3 Å². The van der Waals surface area contributed by atoms with E-state index in [0.29, 0.717) is 5.88 Å². The van der Waals surface area contributed by atoms with Crippen LogP contribution in [0.4, 0.5) is 0 Å². The summed E-state index contributed by atoms with van der Waals surface area (Å²) in [4.78, 5) is 11.6. The number of ether oxygens (including phenoxy) is 1. The largest absolute Gasteiger partial charge is 0.481 e. The Morgan fingerprint density at radius 2 is 2.06 bits per heavy atom. The number of aromatic amines is 1. The van der Waals surface area contributed by atoms with E-state index in [4.69, 9.17) is 4.74 Å². The molecule has 3 rings (SSSR count). The summed E-state index contributed by atoms with van der Waals surface area (Å²) in [5.74, 6) is 0.606. The Labute approximate surface area is 98.3 Å². The normalized spacial score (nSPS) is 10.6. The predicted molar refractivity (Wildman–Crippen MR) is 65.9 cm³/mol. The average Bonchev–Trinajstić information content (AvgIpc) is 2.82. The smallest absolute Gasteiger partial charge is 0.213 e. The number of aromatic nitrogens is 3. The third-order valence-corrected chi connectivity index (χ3v) is 2.65. The molecule has 17 heavy (non-hydrogen) atoms. The standard InChI is InChI=1S/C13H11N3O/c1-17-12-8-9(4-6-14-12)11-7-10-3-2-5-15-13(10)16-11/h2-8H,1H3,(H,15,16). The molecule has 0 aliphatic carbocycles. The lowest BCUT2D eigenvalue weighted by atomic mass is 10.2. The van der Waals surface area contributed by atoms with Crippen LogP contribution in [0.15, 0.2) is 42.7 Å². The molecule has 4 nitrogen and oxygen atoms in total. The number of pyridine rings is 2. The highest BCUT2D eigenvalue weighted by atomic mass is 16.5. The van der Waals surface area contributed by atoms with Gasteiger partial charge in [-0.05, 0) is 24.3 Å². The fourth-order valence-electron chi connectivity index (χ4n) is 1.80. The minimum atomic E-state index is 0.606. The Morgan fingerprint density at radius 1 is 1.12 bits per heavy atom. The molecule has 0 aromatic carbocycles. The van der Waals surface area contributed by atoms with Crippen LogP contribution in [0.25, 0.3) is 22.3 Å². The molecule has 4 heteroatoms. The van der Waals surface area contributed by atoms with Gasteiger partial charge in [-0.3, -0.25) is 0 Å². The van der Waals surface area contributed by atoms with Gasteiger partial charge in [-0.25, -0.2) is 9.97 Å². The molecule has 0 saturated heterocycles. The molecule has 0 aliphatic heterocycles. The fraction of sp³-hybridized carbons (Fsp3) is 0.0769. The van der Waals surface area contributed by atoms with Crippen molar-refractivity contribution in [2.45, 2.75) is 0 Å². The van der Waals surface area contributed by atoms with Crippen LogP contribution in [0.3, 0.4) is 0 Å². The van der Waals surface area contributed by atoms with Crippen LogP contribution in [0.2, 0.25) is 0 Å². The number of hydrogen-bond acceptors (Lipinski definition) is 3. The fourth-order valence-corrected chi connectivity index (χ4v) is 1.80. The number of nitrogens with zero attached hydrogens (tertiary/aromatic N) is 2. The molecule has 0 unspecified atom stereocenters. The number of H-pyrrole nitrogens is 1. The van der Waals surface area contributed by atoms with Gasteiger partial charge in [-0.2, -0.15) is 0 Å². The SMILES string of the molecule is COc1cc(-c2cc3cccnc3[nH]2)ccn1. The average molecular weight is 225 g/mol. The van der Waals surface area contributed by atoms with Crippen molar-refractivity contribution in [3.63, 3.8) is 0 Å². The van der Waals surface area contributed by atoms with Gasteiger partial charge in [0.15, 0.2) is 0 Å². The van der Waals surface area contributed by atoms with E-state index in [1.807, 2.05) is 24.3 Å². The highest BCUT2D eigenvalue weighted by molar-refractivity contribution is 5.82. The van der Waals surface area contributed by atoms with Crippen LogP contribution < -0.4 is 4.74 Å². The Balaban J connectivity index is 2.13. The van der Waals surface area contributed by atoms with Crippen molar-refractivity contribution >= 4 is 11.0 Å². The van der Waals surface area contributed by atoms with Crippen molar-refractivity contribution in [1.82, 2.24) is 15.0 Å². The summed E-state index contributed by atoms with van der Waals surface area (Å²) >= 11 is 0. The molecule has 0 fully saturated rings. The Hall–Kier alpha value is -2.36. The molecular weight excluding hydrogens is 214 g/mol. The zero-order valence-corrected chi connectivity index (χ0v) is 9.34. The molecule has 0 radical (unpaired) electrons. The third kappa shape index (κ3) is 1.73. The summed E-state index contributed by atoms with van der Waals surface area (Å²) in [6.07, 6.45) is 3.50. The van der Waals surface area contributed by atoms with Gasteiger partial charge in [0.05, 0.1) is 7.11 Å². The Kier molecular flexibility index (Phi) is 2.26. The molecular formula is C13H11N3O. The van der Waals surface area contributed by atoms with Crippen molar-refractivity contribution in [3.8, 4) is 17.1 Å². The van der Waals surface area contributed by atoms with Crippen molar-refractivity contribution in [2.24, 2.45) is 0 Å². The first kappa shape index (κ1) is 9.84. The minimum absolute atomic E-state index is 0.606. The van der Waals surface area contributed by atoms with E-state index >= 15 is 0 Å². The first-order valence-corrected chi connectivity index (χ1v) is 5.31. The molecule has 0 saturated carbocycles. The molecule has 0 aliphatic rings. The Morgan fingerprint density at radius 3 is 2.88 bits per heavy atom. The van der Waals surface area contributed by atoms with Crippen LogP contribution in [-0.4, -0.2) is 22.1 Å². The summed E-state index contributed by atoms with van der Waals surface area (Å²) in [5, 5.41) is 1.10.